The number of carbonyl (C=O) groups is 3. The molecule has 0 radical (unpaired) electrons. The van der Waals surface area contributed by atoms with Gasteiger partial charge in [-0.25, -0.2) is 9.59 Å². The van der Waals surface area contributed by atoms with Gasteiger partial charge in [-0.05, 0) is 12.5 Å². The molecule has 2 atom stereocenters. The van der Waals surface area contributed by atoms with E-state index in [2.05, 4.69) is 14.8 Å². The van der Waals surface area contributed by atoms with Gasteiger partial charge in [-0.3, -0.25) is 4.79 Å². The molecule has 0 saturated heterocycles. The Morgan fingerprint density at radius 1 is 1.05 bits per heavy atom. The number of aliphatic hydroxyl groups is 1. The van der Waals surface area contributed by atoms with Crippen LogP contribution in [-0.2, 0) is 29.5 Å². The van der Waals surface area contributed by atoms with Gasteiger partial charge in [0.2, 0.25) is 11.5 Å². The van der Waals surface area contributed by atoms with Gasteiger partial charge in [-0.15, -0.1) is 0 Å². The van der Waals surface area contributed by atoms with Crippen LogP contribution in [0.15, 0.2) is 30.3 Å². The van der Waals surface area contributed by atoms with Crippen molar-refractivity contribution in [3.05, 3.63) is 35.9 Å². The van der Waals surface area contributed by atoms with E-state index in [1.165, 1.54) is 19.1 Å². The SMILES string of the molecule is COC(=O)[C@@](O)(c1ccccc1)[C@](C)(NC(C)=O)C(=O)OC. The second kappa shape index (κ2) is 6.57. The van der Waals surface area contributed by atoms with Gasteiger partial charge in [0, 0.05) is 6.92 Å². The summed E-state index contributed by atoms with van der Waals surface area (Å²) in [7, 11) is 2.16. The lowest BCUT2D eigenvalue weighted by atomic mass is 9.75. The molecule has 0 aromatic heterocycles. The lowest BCUT2D eigenvalue weighted by Crippen LogP contribution is -2.68. The first-order valence-electron chi connectivity index (χ1n) is 6.47. The number of esters is 2. The van der Waals surface area contributed by atoms with Crippen molar-refractivity contribution in [3.8, 4) is 0 Å². The summed E-state index contributed by atoms with van der Waals surface area (Å²) < 4.78 is 9.30. The Kier molecular flexibility index (Phi) is 5.27. The minimum Gasteiger partial charge on any atom is -0.467 e. The lowest BCUT2D eigenvalue weighted by molar-refractivity contribution is -0.185. The van der Waals surface area contributed by atoms with Crippen LogP contribution in [0.1, 0.15) is 19.4 Å². The van der Waals surface area contributed by atoms with Crippen molar-refractivity contribution in [1.29, 1.82) is 0 Å². The summed E-state index contributed by atoms with van der Waals surface area (Å²) in [6.07, 6.45) is 0. The molecule has 1 rings (SSSR count). The maximum Gasteiger partial charge on any atom is 0.345 e. The number of benzene rings is 1. The van der Waals surface area contributed by atoms with Crippen LogP contribution in [0.5, 0.6) is 0 Å². The van der Waals surface area contributed by atoms with Gasteiger partial charge < -0.3 is 19.9 Å². The highest BCUT2D eigenvalue weighted by Gasteiger charge is 2.61. The van der Waals surface area contributed by atoms with Crippen molar-refractivity contribution < 1.29 is 29.0 Å². The van der Waals surface area contributed by atoms with E-state index in [0.717, 1.165) is 21.1 Å². The first-order valence-corrected chi connectivity index (χ1v) is 6.47. The number of rotatable bonds is 5. The normalized spacial score (nSPS) is 15.9. The third kappa shape index (κ3) is 2.80. The standard InChI is InChI=1S/C15H19NO6/c1-10(17)16-14(2,12(18)21-3)15(20,13(19)22-4)11-8-6-5-7-9-11/h5-9,20H,1-4H3,(H,16,17)/t14-,15+/m1/s1. The highest BCUT2D eigenvalue weighted by atomic mass is 16.5. The van der Waals surface area contributed by atoms with Crippen molar-refractivity contribution in [3.63, 3.8) is 0 Å². The lowest BCUT2D eigenvalue weighted by Gasteiger charge is -2.40. The third-order valence-electron chi connectivity index (χ3n) is 3.42. The largest absolute Gasteiger partial charge is 0.467 e. The predicted octanol–water partition coefficient (Wildman–Crippen LogP) is 0.115. The molecule has 0 aliphatic rings. The predicted molar refractivity (Wildman–Crippen MR) is 76.6 cm³/mol. The molecule has 7 nitrogen and oxygen atoms in total. The smallest absolute Gasteiger partial charge is 0.345 e. The molecule has 1 amide bonds. The molecule has 0 bridgehead atoms. The number of hydrogen-bond donors (Lipinski definition) is 2. The fourth-order valence-electron chi connectivity index (χ4n) is 2.28. The topological polar surface area (TPSA) is 102 Å². The van der Waals surface area contributed by atoms with Crippen LogP contribution < -0.4 is 5.32 Å². The Bertz CT molecular complexity index is 573. The van der Waals surface area contributed by atoms with Crippen LogP contribution >= 0.6 is 0 Å². The Labute approximate surface area is 128 Å². The van der Waals surface area contributed by atoms with Crippen LogP contribution in [0.4, 0.5) is 0 Å². The number of ether oxygens (including phenoxy) is 2. The van der Waals surface area contributed by atoms with Gasteiger partial charge in [0.05, 0.1) is 14.2 Å². The second-order valence-electron chi connectivity index (χ2n) is 4.87. The molecule has 120 valence electrons. The fraction of sp³-hybridized carbons (Fsp3) is 0.400. The van der Waals surface area contributed by atoms with Gasteiger partial charge in [-0.2, -0.15) is 0 Å². The summed E-state index contributed by atoms with van der Waals surface area (Å²) >= 11 is 0. The Morgan fingerprint density at radius 3 is 1.95 bits per heavy atom. The number of methoxy groups -OCH3 is 2. The average molecular weight is 309 g/mol. The van der Waals surface area contributed by atoms with E-state index in [0.29, 0.717) is 0 Å². The van der Waals surface area contributed by atoms with E-state index >= 15 is 0 Å². The monoisotopic (exact) mass is 309 g/mol. The van der Waals surface area contributed by atoms with Crippen molar-refractivity contribution in [2.24, 2.45) is 0 Å². The van der Waals surface area contributed by atoms with Crippen molar-refractivity contribution in [2.75, 3.05) is 14.2 Å². The fourth-order valence-corrected chi connectivity index (χ4v) is 2.28. The summed E-state index contributed by atoms with van der Waals surface area (Å²) in [5.41, 5.74) is -4.44. The van der Waals surface area contributed by atoms with E-state index in [-0.39, 0.29) is 5.56 Å². The molecule has 0 spiro atoms. The number of carbonyl (C=O) groups excluding carboxylic acids is 3. The van der Waals surface area contributed by atoms with Crippen molar-refractivity contribution in [2.45, 2.75) is 25.0 Å². The molecule has 1 aromatic carbocycles. The molecule has 2 N–H and O–H groups in total. The van der Waals surface area contributed by atoms with Crippen molar-refractivity contribution >= 4 is 17.8 Å². The van der Waals surface area contributed by atoms with Crippen LogP contribution in [0.2, 0.25) is 0 Å². The average Bonchev–Trinajstić information content (AvgIpc) is 2.52. The van der Waals surface area contributed by atoms with E-state index in [1.807, 2.05) is 0 Å². The van der Waals surface area contributed by atoms with Crippen LogP contribution in [0.3, 0.4) is 0 Å². The molecule has 0 aliphatic carbocycles. The number of hydrogen-bond acceptors (Lipinski definition) is 6. The Balaban J connectivity index is 3.62. The minimum atomic E-state index is -2.46. The first kappa shape index (κ1) is 17.6. The van der Waals surface area contributed by atoms with Gasteiger partial charge in [0.25, 0.3) is 0 Å². The zero-order chi connectivity index (χ0) is 17.0. The molecule has 0 fully saturated rings. The second-order valence-corrected chi connectivity index (χ2v) is 4.87. The van der Waals surface area contributed by atoms with E-state index in [4.69, 9.17) is 0 Å². The number of amides is 1. The molecule has 0 aliphatic heterocycles. The highest BCUT2D eigenvalue weighted by Crippen LogP contribution is 2.35. The molecule has 0 saturated carbocycles. The summed E-state index contributed by atoms with van der Waals surface area (Å²) in [5, 5.41) is 13.3. The third-order valence-corrected chi connectivity index (χ3v) is 3.42. The number of nitrogens with one attached hydrogen (secondary N) is 1. The van der Waals surface area contributed by atoms with Crippen molar-refractivity contribution in [1.82, 2.24) is 5.32 Å². The van der Waals surface area contributed by atoms with Crippen LogP contribution in [-0.4, -0.2) is 42.7 Å². The summed E-state index contributed by atoms with van der Waals surface area (Å²) in [4.78, 5) is 35.9. The molecule has 7 heteroatoms. The Morgan fingerprint density at radius 2 is 1.55 bits per heavy atom. The van der Waals surface area contributed by atoms with Crippen LogP contribution in [0, 0.1) is 0 Å². The maximum absolute atomic E-state index is 12.3. The first-order chi connectivity index (χ1) is 10.2. The molecule has 22 heavy (non-hydrogen) atoms. The van der Waals surface area contributed by atoms with Gasteiger partial charge in [0.15, 0.2) is 5.54 Å². The maximum atomic E-state index is 12.3. The molecule has 1 aromatic rings. The van der Waals surface area contributed by atoms with Gasteiger partial charge >= 0.3 is 11.9 Å². The van der Waals surface area contributed by atoms with E-state index in [9.17, 15) is 19.5 Å². The van der Waals surface area contributed by atoms with E-state index < -0.39 is 29.0 Å². The molecular weight excluding hydrogens is 290 g/mol. The highest BCUT2D eigenvalue weighted by molar-refractivity contribution is 5.97. The zero-order valence-electron chi connectivity index (χ0n) is 12.9. The zero-order valence-corrected chi connectivity index (χ0v) is 12.9. The molecule has 0 heterocycles. The Hall–Kier alpha value is -2.41. The van der Waals surface area contributed by atoms with Gasteiger partial charge in [0.1, 0.15) is 0 Å². The quantitative estimate of drug-likeness (QED) is 0.749. The summed E-state index contributed by atoms with van der Waals surface area (Å²) in [5.74, 6) is -2.70. The molecule has 0 unspecified atom stereocenters. The van der Waals surface area contributed by atoms with Gasteiger partial charge in [-0.1, -0.05) is 30.3 Å². The van der Waals surface area contributed by atoms with E-state index in [1.54, 1.807) is 18.2 Å². The minimum absolute atomic E-state index is 0.0866. The molecular formula is C15H19NO6. The summed E-state index contributed by atoms with van der Waals surface area (Å²) in [6, 6.07) is 7.72. The summed E-state index contributed by atoms with van der Waals surface area (Å²) in [6.45, 7) is 2.36. The van der Waals surface area contributed by atoms with Crippen LogP contribution in [0.25, 0.3) is 0 Å².